The molecule has 2 nitrogen and oxygen atoms in total. The molecule has 0 aromatic heterocycles. The summed E-state index contributed by atoms with van der Waals surface area (Å²) >= 11 is 6.11. The van der Waals surface area contributed by atoms with E-state index >= 15 is 0 Å². The zero-order chi connectivity index (χ0) is 15.4. The van der Waals surface area contributed by atoms with Gasteiger partial charge in [-0.2, -0.15) is 0 Å². The standard InChI is InChI=1S/C17H19ClFNO/c1-11-6-13(10-14(18)7-11)16(20-2)9-12-4-5-17(21-3)15(19)8-12/h4-8,10,16,20H,9H2,1-3H3. The summed E-state index contributed by atoms with van der Waals surface area (Å²) in [6.07, 6.45) is 0.678. The van der Waals surface area contributed by atoms with Crippen molar-refractivity contribution in [1.29, 1.82) is 0 Å². The number of aryl methyl sites for hydroxylation is 1. The summed E-state index contributed by atoms with van der Waals surface area (Å²) in [4.78, 5) is 0. The molecule has 2 aromatic rings. The second kappa shape index (κ2) is 6.92. The second-order valence-corrected chi connectivity index (χ2v) is 5.51. The van der Waals surface area contributed by atoms with Crippen molar-refractivity contribution in [1.82, 2.24) is 5.32 Å². The molecule has 1 unspecified atom stereocenters. The van der Waals surface area contributed by atoms with Crippen LogP contribution in [0, 0.1) is 12.7 Å². The van der Waals surface area contributed by atoms with E-state index in [0.717, 1.165) is 16.7 Å². The number of likely N-dealkylation sites (N-methyl/N-ethyl adjacent to an activating group) is 1. The molecule has 4 heteroatoms. The summed E-state index contributed by atoms with van der Waals surface area (Å²) in [5, 5.41) is 3.97. The van der Waals surface area contributed by atoms with E-state index in [-0.39, 0.29) is 17.6 Å². The Labute approximate surface area is 129 Å². The van der Waals surface area contributed by atoms with Crippen LogP contribution in [0.15, 0.2) is 36.4 Å². The molecule has 0 spiro atoms. The van der Waals surface area contributed by atoms with Gasteiger partial charge in [-0.15, -0.1) is 0 Å². The Hall–Kier alpha value is -1.58. The van der Waals surface area contributed by atoms with E-state index in [2.05, 4.69) is 11.4 Å². The molecule has 0 aliphatic rings. The first kappa shape index (κ1) is 15.8. The zero-order valence-corrected chi connectivity index (χ0v) is 13.2. The molecule has 1 atom stereocenters. The van der Waals surface area contributed by atoms with Crippen LogP contribution in [0.1, 0.15) is 22.7 Å². The lowest BCUT2D eigenvalue weighted by Gasteiger charge is -2.18. The predicted molar refractivity (Wildman–Crippen MR) is 84.6 cm³/mol. The Bertz CT molecular complexity index is 610. The van der Waals surface area contributed by atoms with E-state index in [1.807, 2.05) is 32.2 Å². The van der Waals surface area contributed by atoms with Crippen LogP contribution < -0.4 is 10.1 Å². The van der Waals surface area contributed by atoms with Gasteiger partial charge in [0.1, 0.15) is 0 Å². The Morgan fingerprint density at radius 2 is 2.00 bits per heavy atom. The third-order valence-electron chi connectivity index (χ3n) is 3.47. The van der Waals surface area contributed by atoms with Crippen LogP contribution in [0.25, 0.3) is 0 Å². The molecule has 21 heavy (non-hydrogen) atoms. The molecule has 0 saturated heterocycles. The summed E-state index contributed by atoms with van der Waals surface area (Å²) in [6, 6.07) is 11.1. The number of hydrogen-bond donors (Lipinski definition) is 1. The minimum absolute atomic E-state index is 0.0789. The first-order valence-corrected chi connectivity index (χ1v) is 7.18. The maximum absolute atomic E-state index is 13.8. The van der Waals surface area contributed by atoms with Gasteiger partial charge in [0.05, 0.1) is 7.11 Å². The largest absolute Gasteiger partial charge is 0.494 e. The molecule has 0 radical (unpaired) electrons. The monoisotopic (exact) mass is 307 g/mol. The highest BCUT2D eigenvalue weighted by Crippen LogP contribution is 2.25. The molecule has 0 fully saturated rings. The van der Waals surface area contributed by atoms with Crippen molar-refractivity contribution < 1.29 is 9.13 Å². The van der Waals surface area contributed by atoms with E-state index in [0.29, 0.717) is 11.4 Å². The van der Waals surface area contributed by atoms with E-state index in [4.69, 9.17) is 16.3 Å². The van der Waals surface area contributed by atoms with Gasteiger partial charge in [0.2, 0.25) is 0 Å². The Balaban J connectivity index is 2.24. The molecule has 0 bridgehead atoms. The van der Waals surface area contributed by atoms with Crippen LogP contribution >= 0.6 is 11.6 Å². The number of benzene rings is 2. The Morgan fingerprint density at radius 3 is 2.57 bits per heavy atom. The minimum atomic E-state index is -0.341. The van der Waals surface area contributed by atoms with Gasteiger partial charge in [0, 0.05) is 11.1 Å². The van der Waals surface area contributed by atoms with Gasteiger partial charge in [-0.1, -0.05) is 23.7 Å². The SMILES string of the molecule is CNC(Cc1ccc(OC)c(F)c1)c1cc(C)cc(Cl)c1. The smallest absolute Gasteiger partial charge is 0.165 e. The molecule has 0 heterocycles. The normalized spacial score (nSPS) is 12.2. The van der Waals surface area contributed by atoms with E-state index in [1.165, 1.54) is 13.2 Å². The van der Waals surface area contributed by atoms with Crippen LogP contribution in [0.5, 0.6) is 5.75 Å². The van der Waals surface area contributed by atoms with Gasteiger partial charge in [-0.25, -0.2) is 4.39 Å². The third-order valence-corrected chi connectivity index (χ3v) is 3.69. The zero-order valence-electron chi connectivity index (χ0n) is 12.4. The van der Waals surface area contributed by atoms with E-state index in [9.17, 15) is 4.39 Å². The molecule has 0 aliphatic carbocycles. The van der Waals surface area contributed by atoms with Crippen LogP contribution in [-0.4, -0.2) is 14.2 Å². The van der Waals surface area contributed by atoms with Crippen molar-refractivity contribution in [3.8, 4) is 5.75 Å². The fourth-order valence-corrected chi connectivity index (χ4v) is 2.72. The highest BCUT2D eigenvalue weighted by molar-refractivity contribution is 6.30. The summed E-state index contributed by atoms with van der Waals surface area (Å²) in [7, 11) is 3.35. The number of rotatable bonds is 5. The van der Waals surface area contributed by atoms with Crippen LogP contribution in [-0.2, 0) is 6.42 Å². The molecule has 112 valence electrons. The highest BCUT2D eigenvalue weighted by Gasteiger charge is 2.13. The average Bonchev–Trinajstić information content (AvgIpc) is 2.43. The molecular formula is C17H19ClFNO. The quantitative estimate of drug-likeness (QED) is 0.889. The fourth-order valence-electron chi connectivity index (χ4n) is 2.42. The van der Waals surface area contributed by atoms with Crippen LogP contribution in [0.2, 0.25) is 5.02 Å². The van der Waals surface area contributed by atoms with Crippen molar-refractivity contribution in [2.24, 2.45) is 0 Å². The lowest BCUT2D eigenvalue weighted by molar-refractivity contribution is 0.386. The lowest BCUT2D eigenvalue weighted by atomic mass is 9.97. The van der Waals surface area contributed by atoms with Gasteiger partial charge < -0.3 is 10.1 Å². The molecule has 2 rings (SSSR count). The summed E-state index contributed by atoms with van der Waals surface area (Å²) < 4.78 is 18.7. The molecule has 0 aliphatic heterocycles. The van der Waals surface area contributed by atoms with E-state index in [1.54, 1.807) is 6.07 Å². The molecule has 2 aromatic carbocycles. The first-order valence-electron chi connectivity index (χ1n) is 6.80. The van der Waals surface area contributed by atoms with Crippen LogP contribution in [0.3, 0.4) is 0 Å². The third kappa shape index (κ3) is 3.96. The second-order valence-electron chi connectivity index (χ2n) is 5.08. The topological polar surface area (TPSA) is 21.3 Å². The van der Waals surface area contributed by atoms with Gasteiger partial charge in [-0.3, -0.25) is 0 Å². The molecular weight excluding hydrogens is 289 g/mol. The maximum Gasteiger partial charge on any atom is 0.165 e. The fraction of sp³-hybridized carbons (Fsp3) is 0.294. The van der Waals surface area contributed by atoms with Gasteiger partial charge >= 0.3 is 0 Å². The lowest BCUT2D eigenvalue weighted by Crippen LogP contribution is -2.19. The summed E-state index contributed by atoms with van der Waals surface area (Å²) in [5.74, 6) is -0.0783. The van der Waals surface area contributed by atoms with Gasteiger partial charge in [0.15, 0.2) is 11.6 Å². The van der Waals surface area contributed by atoms with Crippen molar-refractivity contribution in [2.75, 3.05) is 14.2 Å². The van der Waals surface area contributed by atoms with Gasteiger partial charge in [-0.05, 0) is 61.3 Å². The maximum atomic E-state index is 13.8. The van der Waals surface area contributed by atoms with Crippen molar-refractivity contribution in [3.05, 3.63) is 63.9 Å². The van der Waals surface area contributed by atoms with Crippen molar-refractivity contribution in [2.45, 2.75) is 19.4 Å². The first-order chi connectivity index (χ1) is 10.0. The number of methoxy groups -OCH3 is 1. The number of halogens is 2. The Morgan fingerprint density at radius 1 is 1.24 bits per heavy atom. The number of hydrogen-bond acceptors (Lipinski definition) is 2. The number of ether oxygens (including phenoxy) is 1. The summed E-state index contributed by atoms with van der Waals surface area (Å²) in [5.41, 5.74) is 3.11. The predicted octanol–water partition coefficient (Wildman–Crippen LogP) is 4.30. The molecule has 1 N–H and O–H groups in total. The van der Waals surface area contributed by atoms with Gasteiger partial charge in [0.25, 0.3) is 0 Å². The average molecular weight is 308 g/mol. The molecule has 0 amide bonds. The van der Waals surface area contributed by atoms with Crippen molar-refractivity contribution >= 4 is 11.6 Å². The molecule has 0 saturated carbocycles. The van der Waals surface area contributed by atoms with E-state index < -0.39 is 0 Å². The highest BCUT2D eigenvalue weighted by atomic mass is 35.5. The Kier molecular flexibility index (Phi) is 5.21. The number of nitrogens with one attached hydrogen (secondary N) is 1. The minimum Gasteiger partial charge on any atom is -0.494 e. The van der Waals surface area contributed by atoms with Crippen LogP contribution in [0.4, 0.5) is 4.39 Å². The summed E-state index contributed by atoms with van der Waals surface area (Å²) in [6.45, 7) is 2.01. The van der Waals surface area contributed by atoms with Crippen molar-refractivity contribution in [3.63, 3.8) is 0 Å².